The number of aldehydes is 1. The van der Waals surface area contributed by atoms with Crippen LogP contribution in [-0.4, -0.2) is 11.3 Å². The van der Waals surface area contributed by atoms with E-state index in [4.69, 9.17) is 0 Å². The van der Waals surface area contributed by atoms with Gasteiger partial charge in [0.1, 0.15) is 0 Å². The SMILES string of the molecule is O=Cc1nc(-c2cc3ccccc3s2)cs1. The van der Waals surface area contributed by atoms with E-state index in [1.54, 1.807) is 11.3 Å². The minimum atomic E-state index is 0.535. The number of fused-ring (bicyclic) bond motifs is 1. The number of carbonyl (C=O) groups excluding carboxylic acids is 1. The van der Waals surface area contributed by atoms with E-state index in [-0.39, 0.29) is 0 Å². The number of nitrogens with zero attached hydrogens (tertiary/aromatic N) is 1. The third-order valence-corrected chi connectivity index (χ3v) is 4.21. The first-order chi connectivity index (χ1) is 7.86. The first-order valence-corrected chi connectivity index (χ1v) is 6.46. The molecule has 0 aliphatic heterocycles. The largest absolute Gasteiger partial charge is 0.295 e. The van der Waals surface area contributed by atoms with Crippen LogP contribution in [0.25, 0.3) is 20.7 Å². The summed E-state index contributed by atoms with van der Waals surface area (Å²) in [5, 5.41) is 3.68. The van der Waals surface area contributed by atoms with E-state index in [0.29, 0.717) is 5.01 Å². The Labute approximate surface area is 100 Å². The number of hydrogen-bond donors (Lipinski definition) is 0. The molecule has 1 aromatic carbocycles. The lowest BCUT2D eigenvalue weighted by Gasteiger charge is -1.85. The third kappa shape index (κ3) is 1.56. The zero-order valence-electron chi connectivity index (χ0n) is 8.21. The second-order valence-electron chi connectivity index (χ2n) is 3.34. The number of carbonyl (C=O) groups is 1. The summed E-state index contributed by atoms with van der Waals surface area (Å²) in [4.78, 5) is 15.9. The second kappa shape index (κ2) is 3.81. The van der Waals surface area contributed by atoms with Gasteiger partial charge in [-0.05, 0) is 17.5 Å². The fourth-order valence-corrected chi connectivity index (χ4v) is 3.28. The van der Waals surface area contributed by atoms with Crippen molar-refractivity contribution in [1.29, 1.82) is 0 Å². The van der Waals surface area contributed by atoms with E-state index in [9.17, 15) is 4.79 Å². The van der Waals surface area contributed by atoms with Gasteiger partial charge in [0.15, 0.2) is 11.3 Å². The van der Waals surface area contributed by atoms with Gasteiger partial charge in [-0.1, -0.05) is 18.2 Å². The van der Waals surface area contributed by atoms with E-state index in [2.05, 4.69) is 23.2 Å². The summed E-state index contributed by atoms with van der Waals surface area (Å²) >= 11 is 3.08. The van der Waals surface area contributed by atoms with Crippen molar-refractivity contribution in [1.82, 2.24) is 4.98 Å². The molecule has 0 unspecified atom stereocenters. The molecule has 0 N–H and O–H groups in total. The number of thiazole rings is 1. The summed E-state index contributed by atoms with van der Waals surface area (Å²) in [6, 6.07) is 10.3. The average Bonchev–Trinajstić information content (AvgIpc) is 2.95. The van der Waals surface area contributed by atoms with Gasteiger partial charge in [-0.2, -0.15) is 0 Å². The van der Waals surface area contributed by atoms with Crippen LogP contribution in [-0.2, 0) is 0 Å². The maximum Gasteiger partial charge on any atom is 0.178 e. The van der Waals surface area contributed by atoms with Gasteiger partial charge in [0.05, 0.1) is 10.6 Å². The molecule has 0 spiro atoms. The molecule has 0 aliphatic carbocycles. The van der Waals surface area contributed by atoms with Crippen molar-refractivity contribution in [3.05, 3.63) is 40.7 Å². The molecule has 3 aromatic rings. The summed E-state index contributed by atoms with van der Waals surface area (Å²) < 4.78 is 1.25. The van der Waals surface area contributed by atoms with Gasteiger partial charge in [0.25, 0.3) is 0 Å². The second-order valence-corrected chi connectivity index (χ2v) is 5.31. The van der Waals surface area contributed by atoms with Crippen molar-refractivity contribution in [2.75, 3.05) is 0 Å². The smallest absolute Gasteiger partial charge is 0.178 e. The van der Waals surface area contributed by atoms with Crippen LogP contribution in [0.2, 0.25) is 0 Å². The minimum Gasteiger partial charge on any atom is -0.295 e. The molecule has 78 valence electrons. The molecular formula is C12H7NOS2. The number of hydrogen-bond acceptors (Lipinski definition) is 4. The molecule has 3 rings (SSSR count). The summed E-state index contributed by atoms with van der Waals surface area (Å²) in [6.45, 7) is 0. The van der Waals surface area contributed by atoms with Crippen LogP contribution in [0.1, 0.15) is 9.80 Å². The van der Waals surface area contributed by atoms with Gasteiger partial charge in [0, 0.05) is 10.1 Å². The highest BCUT2D eigenvalue weighted by Gasteiger charge is 2.07. The average molecular weight is 245 g/mol. The molecule has 0 radical (unpaired) electrons. The van der Waals surface area contributed by atoms with Crippen molar-refractivity contribution < 1.29 is 4.79 Å². The lowest BCUT2D eigenvalue weighted by Crippen LogP contribution is -1.76. The molecule has 2 heterocycles. The zero-order chi connectivity index (χ0) is 11.0. The standard InChI is InChI=1S/C12H7NOS2/c14-6-12-13-9(7-15-12)11-5-8-3-1-2-4-10(8)16-11/h1-7H. The Morgan fingerprint density at radius 3 is 2.88 bits per heavy atom. The first kappa shape index (κ1) is 9.69. The lowest BCUT2D eigenvalue weighted by atomic mass is 10.2. The third-order valence-electron chi connectivity index (χ3n) is 2.30. The maximum atomic E-state index is 10.6. The molecule has 4 heteroatoms. The highest BCUT2D eigenvalue weighted by atomic mass is 32.1. The summed E-state index contributed by atoms with van der Waals surface area (Å²) in [5.41, 5.74) is 0.897. The predicted octanol–water partition coefficient (Wildman–Crippen LogP) is 3.84. The minimum absolute atomic E-state index is 0.535. The Hall–Kier alpha value is -1.52. The molecule has 0 bridgehead atoms. The van der Waals surface area contributed by atoms with E-state index >= 15 is 0 Å². The molecule has 0 atom stereocenters. The fourth-order valence-electron chi connectivity index (χ4n) is 1.56. The number of thiophene rings is 1. The van der Waals surface area contributed by atoms with Crippen molar-refractivity contribution in [3.8, 4) is 10.6 Å². The molecule has 2 nitrogen and oxygen atoms in total. The van der Waals surface area contributed by atoms with Gasteiger partial charge in [-0.25, -0.2) is 4.98 Å². The Morgan fingerprint density at radius 2 is 2.12 bits per heavy atom. The molecule has 0 saturated carbocycles. The fraction of sp³-hybridized carbons (Fsp3) is 0. The molecular weight excluding hydrogens is 238 g/mol. The van der Waals surface area contributed by atoms with Crippen molar-refractivity contribution in [3.63, 3.8) is 0 Å². The van der Waals surface area contributed by atoms with Crippen molar-refractivity contribution >= 4 is 39.0 Å². The van der Waals surface area contributed by atoms with Crippen LogP contribution in [0.5, 0.6) is 0 Å². The van der Waals surface area contributed by atoms with E-state index in [0.717, 1.165) is 16.9 Å². The van der Waals surface area contributed by atoms with Gasteiger partial charge >= 0.3 is 0 Å². The monoisotopic (exact) mass is 245 g/mol. The van der Waals surface area contributed by atoms with E-state index in [1.165, 1.54) is 21.4 Å². The molecule has 2 aromatic heterocycles. The first-order valence-electron chi connectivity index (χ1n) is 4.76. The number of benzene rings is 1. The lowest BCUT2D eigenvalue weighted by molar-refractivity contribution is 0.112. The van der Waals surface area contributed by atoms with Crippen LogP contribution >= 0.6 is 22.7 Å². The van der Waals surface area contributed by atoms with Gasteiger partial charge in [-0.15, -0.1) is 22.7 Å². The highest BCUT2D eigenvalue weighted by Crippen LogP contribution is 2.33. The number of rotatable bonds is 2. The van der Waals surface area contributed by atoms with Crippen LogP contribution in [0.15, 0.2) is 35.7 Å². The zero-order valence-corrected chi connectivity index (χ0v) is 9.85. The summed E-state index contributed by atoms with van der Waals surface area (Å²) in [7, 11) is 0. The van der Waals surface area contributed by atoms with Crippen LogP contribution in [0.3, 0.4) is 0 Å². The molecule has 0 aliphatic rings. The topological polar surface area (TPSA) is 30.0 Å². The molecule has 0 amide bonds. The highest BCUT2D eigenvalue weighted by molar-refractivity contribution is 7.22. The van der Waals surface area contributed by atoms with E-state index in [1.807, 2.05) is 17.5 Å². The summed E-state index contributed by atoms with van der Waals surface area (Å²) in [6.07, 6.45) is 0.793. The van der Waals surface area contributed by atoms with Gasteiger partial charge in [-0.3, -0.25) is 4.79 Å². The molecule has 0 saturated heterocycles. The Morgan fingerprint density at radius 1 is 1.25 bits per heavy atom. The van der Waals surface area contributed by atoms with Crippen LogP contribution in [0, 0.1) is 0 Å². The molecule has 16 heavy (non-hydrogen) atoms. The van der Waals surface area contributed by atoms with Crippen LogP contribution < -0.4 is 0 Å². The van der Waals surface area contributed by atoms with Gasteiger partial charge < -0.3 is 0 Å². The maximum absolute atomic E-state index is 10.6. The van der Waals surface area contributed by atoms with Crippen molar-refractivity contribution in [2.45, 2.75) is 0 Å². The Kier molecular flexibility index (Phi) is 2.31. The Bertz CT molecular complexity index is 621. The van der Waals surface area contributed by atoms with E-state index < -0.39 is 0 Å². The number of aromatic nitrogens is 1. The predicted molar refractivity (Wildman–Crippen MR) is 68.3 cm³/mol. The Balaban J connectivity index is 2.14. The van der Waals surface area contributed by atoms with Crippen LogP contribution in [0.4, 0.5) is 0 Å². The quantitative estimate of drug-likeness (QED) is 0.642. The molecule has 0 fully saturated rings. The van der Waals surface area contributed by atoms with Gasteiger partial charge in [0.2, 0.25) is 0 Å². The normalized spacial score (nSPS) is 10.8. The van der Waals surface area contributed by atoms with Crippen molar-refractivity contribution in [2.24, 2.45) is 0 Å². The summed E-state index contributed by atoms with van der Waals surface area (Å²) in [5.74, 6) is 0.